The Morgan fingerprint density at radius 3 is 2.44 bits per heavy atom. The summed E-state index contributed by atoms with van der Waals surface area (Å²) in [5.74, 6) is -0.754. The van der Waals surface area contributed by atoms with Crippen molar-refractivity contribution in [2.24, 2.45) is 11.8 Å². The highest BCUT2D eigenvalue weighted by molar-refractivity contribution is 6.44. The molecule has 3 atom stereocenters. The molecule has 1 heterocycles. The van der Waals surface area contributed by atoms with Crippen LogP contribution in [0.2, 0.25) is 0 Å². The minimum Gasteiger partial charge on any atom is -0.269 e. The molecule has 1 saturated heterocycles. The van der Waals surface area contributed by atoms with Gasteiger partial charge in [-0.05, 0) is 18.3 Å². The van der Waals surface area contributed by atoms with Crippen molar-refractivity contribution in [2.75, 3.05) is 0 Å². The van der Waals surface area contributed by atoms with Crippen LogP contribution in [0.25, 0.3) is 0 Å². The van der Waals surface area contributed by atoms with Crippen molar-refractivity contribution in [3.05, 3.63) is 0 Å². The van der Waals surface area contributed by atoms with Gasteiger partial charge in [-0.25, -0.2) is 4.79 Å². The van der Waals surface area contributed by atoms with Gasteiger partial charge in [0, 0.05) is 6.04 Å². The molecule has 0 spiro atoms. The summed E-state index contributed by atoms with van der Waals surface area (Å²) < 4.78 is 0. The third-order valence-electron chi connectivity index (χ3n) is 3.85. The van der Waals surface area contributed by atoms with Gasteiger partial charge in [-0.2, -0.15) is 0 Å². The monoisotopic (exact) mass is 224 g/mol. The summed E-state index contributed by atoms with van der Waals surface area (Å²) in [5, 5.41) is 2.05. The van der Waals surface area contributed by atoms with Crippen LogP contribution in [0.4, 0.5) is 4.79 Å². The summed E-state index contributed by atoms with van der Waals surface area (Å²) in [4.78, 5) is 35.3. The van der Waals surface area contributed by atoms with Crippen molar-refractivity contribution in [3.8, 4) is 0 Å². The van der Waals surface area contributed by atoms with Crippen LogP contribution in [-0.2, 0) is 9.59 Å². The van der Waals surface area contributed by atoms with E-state index in [1.165, 1.54) is 0 Å². The molecule has 3 unspecified atom stereocenters. The first-order valence-electron chi connectivity index (χ1n) is 5.71. The molecule has 16 heavy (non-hydrogen) atoms. The van der Waals surface area contributed by atoms with Gasteiger partial charge in [-0.15, -0.1) is 0 Å². The standard InChI is InChI=1S/C11H16N2O3/c1-6-4-3-5-8(7(6)2)13-10(15)9(14)12-11(13)16/h6-8H,3-5H2,1-2H3,(H,12,14,16). The normalized spacial score (nSPS) is 35.5. The number of carbonyl (C=O) groups is 3. The highest BCUT2D eigenvalue weighted by atomic mass is 16.2. The number of hydrogen-bond acceptors (Lipinski definition) is 3. The van der Waals surface area contributed by atoms with Crippen molar-refractivity contribution in [1.29, 1.82) is 0 Å². The number of imide groups is 2. The van der Waals surface area contributed by atoms with Gasteiger partial charge in [0.1, 0.15) is 0 Å². The van der Waals surface area contributed by atoms with E-state index in [2.05, 4.69) is 6.92 Å². The Labute approximate surface area is 94.2 Å². The first-order valence-corrected chi connectivity index (χ1v) is 5.71. The Balaban J connectivity index is 2.20. The number of nitrogens with zero attached hydrogens (tertiary/aromatic N) is 1. The zero-order chi connectivity index (χ0) is 11.9. The summed E-state index contributed by atoms with van der Waals surface area (Å²) in [6.07, 6.45) is 2.93. The van der Waals surface area contributed by atoms with Crippen LogP contribution in [0, 0.1) is 11.8 Å². The molecule has 2 fully saturated rings. The number of hydrogen-bond donors (Lipinski definition) is 1. The van der Waals surface area contributed by atoms with Crippen molar-refractivity contribution in [3.63, 3.8) is 0 Å². The minimum absolute atomic E-state index is 0.123. The van der Waals surface area contributed by atoms with E-state index >= 15 is 0 Å². The number of urea groups is 1. The quantitative estimate of drug-likeness (QED) is 0.531. The highest BCUT2D eigenvalue weighted by Gasteiger charge is 2.44. The third kappa shape index (κ3) is 1.60. The molecule has 0 aromatic rings. The van der Waals surface area contributed by atoms with Crippen LogP contribution < -0.4 is 5.32 Å². The molecule has 0 bridgehead atoms. The van der Waals surface area contributed by atoms with Gasteiger partial charge in [-0.1, -0.05) is 26.7 Å². The first-order chi connectivity index (χ1) is 7.52. The summed E-state index contributed by atoms with van der Waals surface area (Å²) >= 11 is 0. The maximum Gasteiger partial charge on any atom is 0.331 e. The summed E-state index contributed by atoms with van der Waals surface area (Å²) in [5.41, 5.74) is 0. The Morgan fingerprint density at radius 2 is 1.88 bits per heavy atom. The maximum absolute atomic E-state index is 11.6. The van der Waals surface area contributed by atoms with Crippen molar-refractivity contribution < 1.29 is 14.4 Å². The van der Waals surface area contributed by atoms with E-state index in [-0.39, 0.29) is 12.0 Å². The molecule has 1 aliphatic carbocycles. The van der Waals surface area contributed by atoms with Gasteiger partial charge >= 0.3 is 17.8 Å². The summed E-state index contributed by atoms with van der Waals surface area (Å²) in [6.45, 7) is 4.16. The number of rotatable bonds is 1. The predicted molar refractivity (Wildman–Crippen MR) is 56.4 cm³/mol. The van der Waals surface area contributed by atoms with Gasteiger partial charge < -0.3 is 0 Å². The maximum atomic E-state index is 11.6. The van der Waals surface area contributed by atoms with Gasteiger partial charge in [0.15, 0.2) is 0 Å². The molecule has 0 aromatic heterocycles. The molecule has 1 aliphatic heterocycles. The molecule has 0 aromatic carbocycles. The lowest BCUT2D eigenvalue weighted by atomic mass is 9.77. The van der Waals surface area contributed by atoms with Gasteiger partial charge in [0.05, 0.1) is 0 Å². The Hall–Kier alpha value is -1.39. The molecule has 4 amide bonds. The Bertz CT molecular complexity index is 353. The van der Waals surface area contributed by atoms with Crippen LogP contribution in [0.3, 0.4) is 0 Å². The zero-order valence-electron chi connectivity index (χ0n) is 9.53. The van der Waals surface area contributed by atoms with E-state index < -0.39 is 17.8 Å². The molecule has 2 rings (SSSR count). The summed E-state index contributed by atoms with van der Waals surface area (Å²) in [7, 11) is 0. The third-order valence-corrected chi connectivity index (χ3v) is 3.85. The molecule has 1 saturated carbocycles. The SMILES string of the molecule is CC1CCCC(N2C(=O)NC(=O)C2=O)C1C. The van der Waals surface area contributed by atoms with E-state index in [4.69, 9.17) is 0 Å². The molecule has 5 nitrogen and oxygen atoms in total. The molecule has 1 N–H and O–H groups in total. The molecular formula is C11H16N2O3. The van der Waals surface area contributed by atoms with E-state index in [0.717, 1.165) is 24.2 Å². The van der Waals surface area contributed by atoms with Gasteiger partial charge in [-0.3, -0.25) is 19.8 Å². The number of nitrogens with one attached hydrogen (secondary N) is 1. The van der Waals surface area contributed by atoms with Crippen molar-refractivity contribution >= 4 is 17.8 Å². The van der Waals surface area contributed by atoms with Crippen LogP contribution >= 0.6 is 0 Å². The summed E-state index contributed by atoms with van der Waals surface area (Å²) in [6, 6.07) is -0.677. The first kappa shape index (κ1) is 11.1. The fraction of sp³-hybridized carbons (Fsp3) is 0.727. The van der Waals surface area contributed by atoms with Crippen LogP contribution in [0.15, 0.2) is 0 Å². The second kappa shape index (κ2) is 3.88. The molecule has 0 radical (unpaired) electrons. The lowest BCUT2D eigenvalue weighted by molar-refractivity contribution is -0.142. The second-order valence-corrected chi connectivity index (χ2v) is 4.77. The van der Waals surface area contributed by atoms with E-state index in [9.17, 15) is 14.4 Å². The van der Waals surface area contributed by atoms with E-state index in [1.807, 2.05) is 12.2 Å². The average molecular weight is 224 g/mol. The highest BCUT2D eigenvalue weighted by Crippen LogP contribution is 2.33. The van der Waals surface area contributed by atoms with E-state index in [1.54, 1.807) is 0 Å². The average Bonchev–Trinajstić information content (AvgIpc) is 2.47. The smallest absolute Gasteiger partial charge is 0.269 e. The molecule has 2 aliphatic rings. The Kier molecular flexibility index (Phi) is 2.69. The van der Waals surface area contributed by atoms with Crippen molar-refractivity contribution in [1.82, 2.24) is 10.2 Å². The zero-order valence-corrected chi connectivity index (χ0v) is 9.53. The lowest BCUT2D eigenvalue weighted by Crippen LogP contribution is -2.47. The number of carbonyl (C=O) groups excluding carboxylic acids is 3. The lowest BCUT2D eigenvalue weighted by Gasteiger charge is -2.37. The number of amides is 4. The molecule has 88 valence electrons. The van der Waals surface area contributed by atoms with Crippen LogP contribution in [0.1, 0.15) is 33.1 Å². The molecule has 5 heteroatoms. The largest absolute Gasteiger partial charge is 0.331 e. The van der Waals surface area contributed by atoms with Gasteiger partial charge in [0.25, 0.3) is 0 Å². The fourth-order valence-electron chi connectivity index (χ4n) is 2.63. The van der Waals surface area contributed by atoms with Crippen LogP contribution in [0.5, 0.6) is 0 Å². The van der Waals surface area contributed by atoms with Crippen LogP contribution in [-0.4, -0.2) is 28.8 Å². The topological polar surface area (TPSA) is 66.5 Å². The molecular weight excluding hydrogens is 208 g/mol. The Morgan fingerprint density at radius 1 is 1.19 bits per heavy atom. The minimum atomic E-state index is -0.796. The predicted octanol–water partition coefficient (Wildman–Crippen LogP) is 0.889. The second-order valence-electron chi connectivity index (χ2n) is 4.77. The van der Waals surface area contributed by atoms with Gasteiger partial charge in [0.2, 0.25) is 0 Å². The fourth-order valence-corrected chi connectivity index (χ4v) is 2.63. The van der Waals surface area contributed by atoms with E-state index in [0.29, 0.717) is 5.92 Å². The van der Waals surface area contributed by atoms with Crippen molar-refractivity contribution in [2.45, 2.75) is 39.2 Å².